The van der Waals surface area contributed by atoms with Gasteiger partial charge in [-0.05, 0) is 47.0 Å². The number of rotatable bonds is 6. The van der Waals surface area contributed by atoms with Crippen LogP contribution < -0.4 is 14.8 Å². The molecule has 0 radical (unpaired) electrons. The zero-order valence-electron chi connectivity index (χ0n) is 17.7. The predicted octanol–water partition coefficient (Wildman–Crippen LogP) is 2.10. The number of carbonyl (C=O) groups is 1. The average molecular weight is 510 g/mol. The van der Waals surface area contributed by atoms with E-state index in [9.17, 15) is 21.6 Å². The minimum atomic E-state index is -3.48. The third-order valence-electron chi connectivity index (χ3n) is 5.21. The fraction of sp³-hybridized carbons (Fsp3) is 0.200. The van der Waals surface area contributed by atoms with E-state index in [1.807, 2.05) is 0 Å². The maximum atomic E-state index is 13.5. The van der Waals surface area contributed by atoms with Crippen LogP contribution in [0.4, 0.5) is 17.2 Å². The summed E-state index contributed by atoms with van der Waals surface area (Å²) in [5.74, 6) is 0.0570. The van der Waals surface area contributed by atoms with Crippen molar-refractivity contribution in [3.63, 3.8) is 0 Å². The van der Waals surface area contributed by atoms with Crippen LogP contribution in [-0.4, -0.2) is 44.8 Å². The molecule has 0 saturated carbocycles. The maximum absolute atomic E-state index is 13.5. The van der Waals surface area contributed by atoms with Gasteiger partial charge >= 0.3 is 0 Å². The van der Waals surface area contributed by atoms with Crippen molar-refractivity contribution >= 4 is 54.7 Å². The van der Waals surface area contributed by atoms with Gasteiger partial charge in [0, 0.05) is 18.4 Å². The Morgan fingerprint density at radius 1 is 0.879 bits per heavy atom. The van der Waals surface area contributed by atoms with Crippen molar-refractivity contribution in [2.75, 3.05) is 27.3 Å². The zero-order chi connectivity index (χ0) is 24.2. The molecule has 1 aromatic heterocycles. The molecule has 1 aliphatic rings. The minimum Gasteiger partial charge on any atom is -0.309 e. The highest BCUT2D eigenvalue weighted by Gasteiger charge is 2.53. The van der Waals surface area contributed by atoms with Gasteiger partial charge in [0.1, 0.15) is 16.9 Å². The second kappa shape index (κ2) is 7.75. The van der Waals surface area contributed by atoms with Gasteiger partial charge in [0.15, 0.2) is 0 Å². The van der Waals surface area contributed by atoms with Gasteiger partial charge in [-0.2, -0.15) is 0 Å². The summed E-state index contributed by atoms with van der Waals surface area (Å²) in [6.45, 7) is 0. The van der Waals surface area contributed by atoms with Gasteiger partial charge in [0.25, 0.3) is 0 Å². The van der Waals surface area contributed by atoms with Crippen LogP contribution >= 0.6 is 11.6 Å². The molecular weight excluding hydrogens is 490 g/mol. The molecule has 0 atom stereocenters. The van der Waals surface area contributed by atoms with Crippen molar-refractivity contribution in [2.45, 2.75) is 5.41 Å². The standard InChI is InChI=1S/C20H20ClN5O5S2/c1-26-17-16(22-19(26)21)20(18(27)23-17,12-4-8-14(9-5-12)24-32(2,28)29)13-6-10-15(11-7-13)25-33(3,30)31/h4-11,24-25H,1-3H3,(H,23,27). The largest absolute Gasteiger partial charge is 0.309 e. The molecule has 0 saturated heterocycles. The molecule has 0 unspecified atom stereocenters. The van der Waals surface area contributed by atoms with Crippen LogP contribution in [0.3, 0.4) is 0 Å². The number of nitrogens with one attached hydrogen (secondary N) is 3. The first-order chi connectivity index (χ1) is 15.3. The van der Waals surface area contributed by atoms with Crippen LogP contribution in [0.2, 0.25) is 5.28 Å². The van der Waals surface area contributed by atoms with Crippen molar-refractivity contribution in [3.8, 4) is 0 Å². The van der Waals surface area contributed by atoms with E-state index in [-0.39, 0.29) is 11.2 Å². The summed E-state index contributed by atoms with van der Waals surface area (Å²) in [6.07, 6.45) is 2.09. The van der Waals surface area contributed by atoms with Gasteiger partial charge in [-0.15, -0.1) is 0 Å². The molecule has 0 spiro atoms. The maximum Gasteiger partial charge on any atom is 0.246 e. The van der Waals surface area contributed by atoms with Crippen LogP contribution in [0, 0.1) is 0 Å². The molecule has 174 valence electrons. The molecule has 3 aromatic rings. The first-order valence-electron chi connectivity index (χ1n) is 9.52. The summed E-state index contributed by atoms with van der Waals surface area (Å²) >= 11 is 6.24. The van der Waals surface area contributed by atoms with Gasteiger partial charge in [-0.25, -0.2) is 21.8 Å². The number of imidazole rings is 1. The lowest BCUT2D eigenvalue weighted by Gasteiger charge is -2.27. The van der Waals surface area contributed by atoms with Crippen LogP contribution in [0.1, 0.15) is 16.8 Å². The number of aromatic nitrogens is 2. The normalized spacial score (nSPS) is 15.1. The second-order valence-corrected chi connectivity index (χ2v) is 11.6. The topological polar surface area (TPSA) is 139 Å². The molecule has 2 heterocycles. The SMILES string of the molecule is Cn1c(Cl)nc2c1NC(=O)C2(c1ccc(NS(C)(=O)=O)cc1)c1ccc(NS(C)(=O)=O)cc1. The van der Waals surface area contributed by atoms with Crippen molar-refractivity contribution in [1.82, 2.24) is 9.55 Å². The zero-order valence-corrected chi connectivity index (χ0v) is 20.1. The molecule has 0 bridgehead atoms. The highest BCUT2D eigenvalue weighted by molar-refractivity contribution is 7.92. The Bertz CT molecular complexity index is 1390. The number of benzene rings is 2. The number of hydrogen-bond acceptors (Lipinski definition) is 6. The molecule has 0 fully saturated rings. The Hall–Kier alpha value is -3.09. The third kappa shape index (κ3) is 4.16. The van der Waals surface area contributed by atoms with E-state index < -0.39 is 25.5 Å². The molecule has 10 nitrogen and oxygen atoms in total. The van der Waals surface area contributed by atoms with E-state index in [0.717, 1.165) is 12.5 Å². The number of nitrogens with zero attached hydrogens (tertiary/aromatic N) is 2. The highest BCUT2D eigenvalue weighted by Crippen LogP contribution is 2.48. The lowest BCUT2D eigenvalue weighted by atomic mass is 9.72. The first-order valence-corrected chi connectivity index (χ1v) is 13.7. The number of hydrogen-bond donors (Lipinski definition) is 3. The van der Waals surface area contributed by atoms with Crippen LogP contribution in [-0.2, 0) is 37.3 Å². The van der Waals surface area contributed by atoms with Gasteiger partial charge in [0.05, 0.1) is 12.5 Å². The minimum absolute atomic E-state index is 0.176. The fourth-order valence-corrected chi connectivity index (χ4v) is 5.19. The lowest BCUT2D eigenvalue weighted by Crippen LogP contribution is -2.37. The molecule has 33 heavy (non-hydrogen) atoms. The summed E-state index contributed by atoms with van der Waals surface area (Å²) in [4.78, 5) is 17.9. The summed E-state index contributed by atoms with van der Waals surface area (Å²) < 4.78 is 52.6. The summed E-state index contributed by atoms with van der Waals surface area (Å²) in [7, 11) is -5.28. The van der Waals surface area contributed by atoms with Gasteiger partial charge in [0.2, 0.25) is 31.2 Å². The monoisotopic (exact) mass is 509 g/mol. The number of fused-ring (bicyclic) bond motifs is 1. The van der Waals surface area contributed by atoms with Gasteiger partial charge in [-0.1, -0.05) is 24.3 Å². The molecule has 0 aliphatic carbocycles. The second-order valence-electron chi connectivity index (χ2n) is 7.74. The van der Waals surface area contributed by atoms with Crippen LogP contribution in [0.25, 0.3) is 0 Å². The quantitative estimate of drug-likeness (QED) is 0.465. The third-order valence-corrected chi connectivity index (χ3v) is 6.76. The number of halogens is 1. The Morgan fingerprint density at radius 2 is 1.30 bits per heavy atom. The molecule has 3 N–H and O–H groups in total. The average Bonchev–Trinajstić information content (AvgIpc) is 3.13. The Balaban J connectivity index is 1.90. The summed E-state index contributed by atoms with van der Waals surface area (Å²) in [5, 5.41) is 3.01. The number of amides is 1. The Morgan fingerprint density at radius 3 is 1.70 bits per heavy atom. The van der Waals surface area contributed by atoms with Crippen molar-refractivity contribution in [2.24, 2.45) is 7.05 Å². The first kappa shape index (κ1) is 23.1. The smallest absolute Gasteiger partial charge is 0.246 e. The molecule has 1 aliphatic heterocycles. The van der Waals surface area contributed by atoms with Crippen LogP contribution in [0.15, 0.2) is 48.5 Å². The fourth-order valence-electron chi connectivity index (χ4n) is 3.89. The van der Waals surface area contributed by atoms with Gasteiger partial charge < -0.3 is 9.88 Å². The molecule has 4 rings (SSSR count). The predicted molar refractivity (Wildman–Crippen MR) is 127 cm³/mol. The van der Waals surface area contributed by atoms with E-state index in [2.05, 4.69) is 19.7 Å². The van der Waals surface area contributed by atoms with E-state index in [1.165, 1.54) is 0 Å². The number of sulfonamides is 2. The van der Waals surface area contributed by atoms with E-state index in [4.69, 9.17) is 11.6 Å². The van der Waals surface area contributed by atoms with E-state index >= 15 is 0 Å². The summed E-state index contributed by atoms with van der Waals surface area (Å²) in [5.41, 5.74) is 0.706. The molecular formula is C20H20ClN5O5S2. The lowest BCUT2D eigenvalue weighted by molar-refractivity contribution is -0.118. The van der Waals surface area contributed by atoms with Crippen molar-refractivity contribution in [3.05, 3.63) is 70.6 Å². The number of carbonyl (C=O) groups excluding carboxylic acids is 1. The molecule has 2 aromatic carbocycles. The van der Waals surface area contributed by atoms with E-state index in [0.29, 0.717) is 34.0 Å². The molecule has 1 amide bonds. The van der Waals surface area contributed by atoms with Gasteiger partial charge in [-0.3, -0.25) is 14.2 Å². The highest BCUT2D eigenvalue weighted by atomic mass is 35.5. The Kier molecular flexibility index (Phi) is 5.42. The summed E-state index contributed by atoms with van der Waals surface area (Å²) in [6, 6.07) is 12.7. The van der Waals surface area contributed by atoms with Crippen LogP contribution in [0.5, 0.6) is 0 Å². The van der Waals surface area contributed by atoms with Crippen molar-refractivity contribution < 1.29 is 21.6 Å². The Labute approximate surface area is 196 Å². The van der Waals surface area contributed by atoms with Crippen molar-refractivity contribution in [1.29, 1.82) is 0 Å². The van der Waals surface area contributed by atoms with E-state index in [1.54, 1.807) is 60.1 Å². The number of anilines is 3. The molecule has 13 heteroatoms.